The van der Waals surface area contributed by atoms with Gasteiger partial charge in [0.2, 0.25) is 0 Å². The van der Waals surface area contributed by atoms with Crippen molar-refractivity contribution in [3.8, 4) is 0 Å². The summed E-state index contributed by atoms with van der Waals surface area (Å²) >= 11 is 12.2. The van der Waals surface area contributed by atoms with E-state index in [1.165, 1.54) is 5.56 Å². The molecular weight excluding hydrogens is 291 g/mol. The minimum Gasteiger partial charge on any atom is -0.370 e. The molecule has 2 N–H and O–H groups in total. The molecule has 2 nitrogen and oxygen atoms in total. The maximum Gasteiger partial charge on any atom is 0.0474 e. The number of hydrogen-bond donors (Lipinski definition) is 1. The molecule has 20 heavy (non-hydrogen) atoms. The van der Waals surface area contributed by atoms with E-state index in [9.17, 15) is 0 Å². The number of hydrogen-bond acceptors (Lipinski definition) is 2. The highest BCUT2D eigenvalue weighted by Gasteiger charge is 2.08. The van der Waals surface area contributed by atoms with E-state index in [0.29, 0.717) is 5.02 Å². The van der Waals surface area contributed by atoms with E-state index in [2.05, 4.69) is 4.90 Å². The van der Waals surface area contributed by atoms with Crippen LogP contribution in [0.25, 0.3) is 0 Å². The van der Waals surface area contributed by atoms with Crippen LogP contribution in [0.2, 0.25) is 10.0 Å². The first-order chi connectivity index (χ1) is 9.47. The van der Waals surface area contributed by atoms with Crippen molar-refractivity contribution in [3.63, 3.8) is 0 Å². The van der Waals surface area contributed by atoms with Crippen LogP contribution in [-0.4, -0.2) is 7.05 Å². The molecule has 0 fully saturated rings. The summed E-state index contributed by atoms with van der Waals surface area (Å²) in [6.45, 7) is 2.73. The van der Waals surface area contributed by atoms with Crippen LogP contribution < -0.4 is 10.6 Å². The Labute approximate surface area is 130 Å². The Balaban J connectivity index is 2.15. The second-order valence-electron chi connectivity index (χ2n) is 4.98. The van der Waals surface area contributed by atoms with Crippen LogP contribution in [0.3, 0.4) is 0 Å². The SMILES string of the molecule is CC(N)c1ccc(N(C)Cc2ccc(Cl)cc2)cc1Cl. The Bertz CT molecular complexity index is 580. The third kappa shape index (κ3) is 3.66. The lowest BCUT2D eigenvalue weighted by atomic mass is 10.1. The molecule has 0 heterocycles. The molecule has 2 rings (SSSR count). The van der Waals surface area contributed by atoms with E-state index in [1.807, 2.05) is 56.4 Å². The first kappa shape index (κ1) is 15.2. The number of halogens is 2. The van der Waals surface area contributed by atoms with E-state index in [4.69, 9.17) is 28.9 Å². The van der Waals surface area contributed by atoms with Gasteiger partial charge in [-0.1, -0.05) is 41.4 Å². The van der Waals surface area contributed by atoms with E-state index >= 15 is 0 Å². The van der Waals surface area contributed by atoms with E-state index in [0.717, 1.165) is 22.8 Å². The Morgan fingerprint density at radius 1 is 1.10 bits per heavy atom. The van der Waals surface area contributed by atoms with Gasteiger partial charge in [-0.2, -0.15) is 0 Å². The molecule has 0 bridgehead atoms. The summed E-state index contributed by atoms with van der Waals surface area (Å²) in [4.78, 5) is 2.14. The van der Waals surface area contributed by atoms with Crippen molar-refractivity contribution in [1.29, 1.82) is 0 Å². The Morgan fingerprint density at radius 2 is 1.75 bits per heavy atom. The Hall–Kier alpha value is -1.22. The minimum atomic E-state index is -0.0573. The maximum atomic E-state index is 6.27. The zero-order valence-electron chi connectivity index (χ0n) is 11.6. The van der Waals surface area contributed by atoms with Gasteiger partial charge in [-0.05, 0) is 42.3 Å². The summed E-state index contributed by atoms with van der Waals surface area (Å²) in [7, 11) is 2.03. The number of benzene rings is 2. The van der Waals surface area contributed by atoms with Gasteiger partial charge in [-0.25, -0.2) is 0 Å². The van der Waals surface area contributed by atoms with Crippen molar-refractivity contribution >= 4 is 28.9 Å². The lowest BCUT2D eigenvalue weighted by Gasteiger charge is -2.21. The zero-order valence-corrected chi connectivity index (χ0v) is 13.1. The second kappa shape index (κ2) is 6.49. The Kier molecular flexibility index (Phi) is 4.92. The zero-order chi connectivity index (χ0) is 14.7. The monoisotopic (exact) mass is 308 g/mol. The second-order valence-corrected chi connectivity index (χ2v) is 5.82. The van der Waals surface area contributed by atoms with Gasteiger partial charge < -0.3 is 10.6 Å². The molecule has 0 amide bonds. The minimum absolute atomic E-state index is 0.0573. The van der Waals surface area contributed by atoms with Crippen molar-refractivity contribution in [2.75, 3.05) is 11.9 Å². The van der Waals surface area contributed by atoms with E-state index in [1.54, 1.807) is 0 Å². The van der Waals surface area contributed by atoms with Crippen LogP contribution >= 0.6 is 23.2 Å². The Morgan fingerprint density at radius 3 is 2.30 bits per heavy atom. The van der Waals surface area contributed by atoms with Gasteiger partial charge >= 0.3 is 0 Å². The molecule has 0 spiro atoms. The summed E-state index contributed by atoms with van der Waals surface area (Å²) in [6.07, 6.45) is 0. The van der Waals surface area contributed by atoms with Gasteiger partial charge in [0.05, 0.1) is 0 Å². The molecule has 0 aromatic heterocycles. The maximum absolute atomic E-state index is 6.27. The number of nitrogens with zero attached hydrogens (tertiary/aromatic N) is 1. The molecule has 106 valence electrons. The largest absolute Gasteiger partial charge is 0.370 e. The molecule has 2 aromatic rings. The fraction of sp³-hybridized carbons (Fsp3) is 0.250. The summed E-state index contributed by atoms with van der Waals surface area (Å²) < 4.78 is 0. The van der Waals surface area contributed by atoms with E-state index in [-0.39, 0.29) is 6.04 Å². The molecule has 0 saturated heterocycles. The molecule has 0 aliphatic rings. The first-order valence-electron chi connectivity index (χ1n) is 6.48. The van der Waals surface area contributed by atoms with Gasteiger partial charge in [-0.3, -0.25) is 0 Å². The van der Waals surface area contributed by atoms with E-state index < -0.39 is 0 Å². The van der Waals surface area contributed by atoms with Crippen molar-refractivity contribution in [2.24, 2.45) is 5.73 Å². The standard InChI is InChI=1S/C16H18Cl2N2/c1-11(19)15-8-7-14(9-16(15)18)20(2)10-12-3-5-13(17)6-4-12/h3-9,11H,10,19H2,1-2H3. The number of anilines is 1. The van der Waals surface area contributed by atoms with Crippen LogP contribution in [0.4, 0.5) is 5.69 Å². The fourth-order valence-corrected chi connectivity index (χ4v) is 2.55. The van der Waals surface area contributed by atoms with Crippen LogP contribution in [-0.2, 0) is 6.54 Å². The van der Waals surface area contributed by atoms with Crippen LogP contribution in [0, 0.1) is 0 Å². The quantitative estimate of drug-likeness (QED) is 0.891. The fourth-order valence-electron chi connectivity index (χ4n) is 2.08. The molecule has 0 aliphatic carbocycles. The normalized spacial score (nSPS) is 12.2. The molecule has 0 saturated carbocycles. The van der Waals surface area contributed by atoms with Crippen molar-refractivity contribution in [2.45, 2.75) is 19.5 Å². The van der Waals surface area contributed by atoms with Gasteiger partial charge in [0.15, 0.2) is 0 Å². The molecular formula is C16H18Cl2N2. The van der Waals surface area contributed by atoms with Crippen molar-refractivity contribution < 1.29 is 0 Å². The van der Waals surface area contributed by atoms with Crippen molar-refractivity contribution in [1.82, 2.24) is 0 Å². The number of rotatable bonds is 4. The average molecular weight is 309 g/mol. The molecule has 4 heteroatoms. The molecule has 0 radical (unpaired) electrons. The van der Waals surface area contributed by atoms with Gasteiger partial charge in [0, 0.05) is 35.4 Å². The van der Waals surface area contributed by atoms with Gasteiger partial charge in [-0.15, -0.1) is 0 Å². The summed E-state index contributed by atoms with van der Waals surface area (Å²) in [5, 5.41) is 1.46. The van der Waals surface area contributed by atoms with Gasteiger partial charge in [0.25, 0.3) is 0 Å². The molecule has 1 atom stereocenters. The predicted molar refractivity (Wildman–Crippen MR) is 87.6 cm³/mol. The third-order valence-electron chi connectivity index (χ3n) is 3.25. The summed E-state index contributed by atoms with van der Waals surface area (Å²) in [6, 6.07) is 13.8. The smallest absolute Gasteiger partial charge is 0.0474 e. The highest BCUT2D eigenvalue weighted by molar-refractivity contribution is 6.31. The van der Waals surface area contributed by atoms with Crippen molar-refractivity contribution in [3.05, 3.63) is 63.6 Å². The highest BCUT2D eigenvalue weighted by atomic mass is 35.5. The number of nitrogens with two attached hydrogens (primary N) is 1. The topological polar surface area (TPSA) is 29.3 Å². The predicted octanol–water partition coefficient (Wildman–Crippen LogP) is 4.65. The van der Waals surface area contributed by atoms with Crippen LogP contribution in [0.5, 0.6) is 0 Å². The highest BCUT2D eigenvalue weighted by Crippen LogP contribution is 2.27. The lowest BCUT2D eigenvalue weighted by molar-refractivity contribution is 0.817. The van der Waals surface area contributed by atoms with Crippen LogP contribution in [0.15, 0.2) is 42.5 Å². The summed E-state index contributed by atoms with van der Waals surface area (Å²) in [5.41, 5.74) is 9.10. The molecule has 1 unspecified atom stereocenters. The first-order valence-corrected chi connectivity index (χ1v) is 7.23. The molecule has 2 aromatic carbocycles. The van der Waals surface area contributed by atoms with Gasteiger partial charge in [0.1, 0.15) is 0 Å². The average Bonchev–Trinajstić information content (AvgIpc) is 2.40. The molecule has 0 aliphatic heterocycles. The third-order valence-corrected chi connectivity index (χ3v) is 3.83. The lowest BCUT2D eigenvalue weighted by Crippen LogP contribution is -2.16. The van der Waals surface area contributed by atoms with Crippen LogP contribution in [0.1, 0.15) is 24.1 Å². The summed E-state index contributed by atoms with van der Waals surface area (Å²) in [5.74, 6) is 0.